The molecule has 2 heteroatoms. The summed E-state index contributed by atoms with van der Waals surface area (Å²) in [7, 11) is -1.30. The van der Waals surface area contributed by atoms with E-state index >= 15 is 0 Å². The minimum atomic E-state index is -1.30. The summed E-state index contributed by atoms with van der Waals surface area (Å²) in [6, 6.07) is 9.59. The molecule has 0 saturated heterocycles. The van der Waals surface area contributed by atoms with Crippen molar-refractivity contribution in [3.63, 3.8) is 0 Å². The first kappa shape index (κ1) is 15.9. The van der Waals surface area contributed by atoms with Gasteiger partial charge in [-0.2, -0.15) is 0 Å². The maximum Gasteiger partial charge on any atom is 0.162 e. The number of ketones is 1. The van der Waals surface area contributed by atoms with Gasteiger partial charge >= 0.3 is 0 Å². The van der Waals surface area contributed by atoms with Gasteiger partial charge in [0.15, 0.2) is 5.78 Å². The van der Waals surface area contributed by atoms with Crippen LogP contribution in [-0.2, 0) is 0 Å². The number of carbonyl (C=O) groups is 1. The van der Waals surface area contributed by atoms with Crippen molar-refractivity contribution in [2.45, 2.75) is 45.8 Å². The minimum absolute atomic E-state index is 0.252. The van der Waals surface area contributed by atoms with E-state index in [0.29, 0.717) is 12.3 Å². The zero-order chi connectivity index (χ0) is 14.5. The van der Waals surface area contributed by atoms with Crippen LogP contribution in [0.3, 0.4) is 0 Å². The first-order chi connectivity index (χ1) is 8.86. The van der Waals surface area contributed by atoms with Gasteiger partial charge < -0.3 is 0 Å². The van der Waals surface area contributed by atoms with Crippen molar-refractivity contribution in [2.75, 3.05) is 0 Å². The zero-order valence-electron chi connectivity index (χ0n) is 12.7. The summed E-state index contributed by atoms with van der Waals surface area (Å²) in [4.78, 5) is 12.1. The highest BCUT2D eigenvalue weighted by molar-refractivity contribution is 6.83. The number of benzene rings is 1. The van der Waals surface area contributed by atoms with Crippen molar-refractivity contribution in [3.8, 4) is 0 Å². The van der Waals surface area contributed by atoms with E-state index < -0.39 is 8.07 Å². The largest absolute Gasteiger partial charge is 0.294 e. The smallest absolute Gasteiger partial charge is 0.162 e. The molecule has 1 rings (SSSR count). The Morgan fingerprint density at radius 2 is 1.79 bits per heavy atom. The van der Waals surface area contributed by atoms with Gasteiger partial charge in [0.25, 0.3) is 0 Å². The minimum Gasteiger partial charge on any atom is -0.294 e. The highest BCUT2D eigenvalue weighted by Crippen LogP contribution is 2.28. The van der Waals surface area contributed by atoms with Crippen molar-refractivity contribution >= 4 is 13.9 Å². The topological polar surface area (TPSA) is 17.1 Å². The lowest BCUT2D eigenvalue weighted by atomic mass is 9.96. The Morgan fingerprint density at radius 1 is 1.21 bits per heavy atom. The average Bonchev–Trinajstić information content (AvgIpc) is 2.39. The standard InChI is InChI=1S/C17H26OSi/c1-6-15(14(2)19(3,4)5)12-13-17(18)16-10-8-7-9-11-16/h7-11,15H,2,6,12-13H2,1,3-5H3. The van der Waals surface area contributed by atoms with E-state index in [1.165, 1.54) is 5.20 Å². The van der Waals surface area contributed by atoms with Crippen LogP contribution in [0.5, 0.6) is 0 Å². The van der Waals surface area contributed by atoms with Gasteiger partial charge in [0, 0.05) is 12.0 Å². The molecule has 1 unspecified atom stereocenters. The van der Waals surface area contributed by atoms with Crippen LogP contribution in [0, 0.1) is 5.92 Å². The summed E-state index contributed by atoms with van der Waals surface area (Å²) in [5.74, 6) is 0.752. The Balaban J connectivity index is 2.60. The molecule has 104 valence electrons. The number of hydrogen-bond donors (Lipinski definition) is 0. The Labute approximate surface area is 118 Å². The van der Waals surface area contributed by atoms with Crippen LogP contribution < -0.4 is 0 Å². The quantitative estimate of drug-likeness (QED) is 0.499. The van der Waals surface area contributed by atoms with E-state index in [1.807, 2.05) is 30.3 Å². The predicted octanol–water partition coefficient (Wildman–Crippen LogP) is 5.11. The second-order valence-corrected chi connectivity index (χ2v) is 11.4. The van der Waals surface area contributed by atoms with Crippen LogP contribution in [0.15, 0.2) is 42.1 Å². The number of rotatable bonds is 7. The SMILES string of the molecule is C=C(C(CC)CCC(=O)c1ccccc1)[Si](C)(C)C. The monoisotopic (exact) mass is 274 g/mol. The Morgan fingerprint density at radius 3 is 2.26 bits per heavy atom. The van der Waals surface area contributed by atoms with Gasteiger partial charge in [-0.15, -0.1) is 6.58 Å². The summed E-state index contributed by atoms with van der Waals surface area (Å²) < 4.78 is 0. The molecule has 0 aliphatic rings. The maximum absolute atomic E-state index is 12.1. The summed E-state index contributed by atoms with van der Waals surface area (Å²) in [5, 5.41) is 1.40. The first-order valence-electron chi connectivity index (χ1n) is 7.13. The molecule has 0 saturated carbocycles. The number of Topliss-reactive ketones (excluding diaryl/α,β-unsaturated/α-hetero) is 1. The lowest BCUT2D eigenvalue weighted by Gasteiger charge is -2.27. The van der Waals surface area contributed by atoms with Crippen molar-refractivity contribution < 1.29 is 4.79 Å². The molecule has 0 aromatic heterocycles. The van der Waals surface area contributed by atoms with Gasteiger partial charge in [-0.05, 0) is 18.8 Å². The summed E-state index contributed by atoms with van der Waals surface area (Å²) in [6.45, 7) is 13.5. The van der Waals surface area contributed by atoms with Crippen LogP contribution in [0.1, 0.15) is 36.5 Å². The molecule has 1 nitrogen and oxygen atoms in total. The molecule has 0 amide bonds. The van der Waals surface area contributed by atoms with Gasteiger partial charge in [-0.25, -0.2) is 0 Å². The molecule has 1 aromatic rings. The van der Waals surface area contributed by atoms with Gasteiger partial charge in [0.1, 0.15) is 0 Å². The van der Waals surface area contributed by atoms with Crippen LogP contribution in [0.2, 0.25) is 19.6 Å². The van der Waals surface area contributed by atoms with E-state index in [0.717, 1.165) is 18.4 Å². The van der Waals surface area contributed by atoms with Crippen molar-refractivity contribution in [1.29, 1.82) is 0 Å². The molecule has 0 N–H and O–H groups in total. The Kier molecular flexibility index (Phi) is 5.74. The lowest BCUT2D eigenvalue weighted by molar-refractivity contribution is 0.0975. The van der Waals surface area contributed by atoms with Gasteiger partial charge in [-0.3, -0.25) is 4.79 Å². The molecule has 19 heavy (non-hydrogen) atoms. The van der Waals surface area contributed by atoms with Crippen LogP contribution >= 0.6 is 0 Å². The van der Waals surface area contributed by atoms with Crippen molar-refractivity contribution in [2.24, 2.45) is 5.92 Å². The van der Waals surface area contributed by atoms with Gasteiger partial charge in [-0.1, -0.05) is 62.1 Å². The zero-order valence-corrected chi connectivity index (χ0v) is 13.7. The molecular weight excluding hydrogens is 248 g/mol. The predicted molar refractivity (Wildman–Crippen MR) is 86.3 cm³/mol. The fraction of sp³-hybridized carbons (Fsp3) is 0.471. The van der Waals surface area contributed by atoms with Crippen LogP contribution in [0.4, 0.5) is 0 Å². The molecule has 0 aliphatic carbocycles. The highest BCUT2D eigenvalue weighted by Gasteiger charge is 2.24. The molecule has 1 aromatic carbocycles. The second-order valence-electron chi connectivity index (χ2n) is 6.21. The molecule has 0 spiro atoms. The first-order valence-corrected chi connectivity index (χ1v) is 10.6. The molecular formula is C17H26OSi. The second kappa shape index (κ2) is 6.85. The fourth-order valence-corrected chi connectivity index (χ4v) is 3.88. The third kappa shape index (κ3) is 4.79. The Hall–Kier alpha value is -1.15. The van der Waals surface area contributed by atoms with Crippen LogP contribution in [-0.4, -0.2) is 13.9 Å². The highest BCUT2D eigenvalue weighted by atomic mass is 28.3. The van der Waals surface area contributed by atoms with E-state index in [9.17, 15) is 4.79 Å². The molecule has 0 fully saturated rings. The van der Waals surface area contributed by atoms with Crippen molar-refractivity contribution in [1.82, 2.24) is 0 Å². The number of hydrogen-bond acceptors (Lipinski definition) is 1. The Bertz CT molecular complexity index is 428. The van der Waals surface area contributed by atoms with Crippen molar-refractivity contribution in [3.05, 3.63) is 47.7 Å². The van der Waals surface area contributed by atoms with Gasteiger partial charge in [0.2, 0.25) is 0 Å². The number of allylic oxidation sites excluding steroid dienone is 1. The van der Waals surface area contributed by atoms with E-state index in [-0.39, 0.29) is 5.78 Å². The normalized spacial score (nSPS) is 13.1. The van der Waals surface area contributed by atoms with E-state index in [4.69, 9.17) is 0 Å². The summed E-state index contributed by atoms with van der Waals surface area (Å²) >= 11 is 0. The third-order valence-electron chi connectivity index (χ3n) is 3.76. The fourth-order valence-electron chi connectivity index (χ4n) is 2.31. The molecule has 1 atom stereocenters. The summed E-state index contributed by atoms with van der Waals surface area (Å²) in [6.07, 6.45) is 2.66. The summed E-state index contributed by atoms with van der Waals surface area (Å²) in [5.41, 5.74) is 0.830. The van der Waals surface area contributed by atoms with Crippen LogP contribution in [0.25, 0.3) is 0 Å². The number of carbonyl (C=O) groups excluding carboxylic acids is 1. The maximum atomic E-state index is 12.1. The molecule has 0 bridgehead atoms. The third-order valence-corrected chi connectivity index (χ3v) is 6.10. The van der Waals surface area contributed by atoms with E-state index in [1.54, 1.807) is 0 Å². The molecule has 0 heterocycles. The van der Waals surface area contributed by atoms with E-state index in [2.05, 4.69) is 33.1 Å². The molecule has 0 radical (unpaired) electrons. The average molecular weight is 274 g/mol. The lowest BCUT2D eigenvalue weighted by Crippen LogP contribution is -2.28. The molecule has 0 aliphatic heterocycles. The van der Waals surface area contributed by atoms with Gasteiger partial charge in [0.05, 0.1) is 8.07 Å².